The lowest BCUT2D eigenvalue weighted by molar-refractivity contribution is 0.469. The van der Waals surface area contributed by atoms with Crippen LogP contribution in [0.4, 0.5) is 0 Å². The number of nitrogens with zero attached hydrogens (tertiary/aromatic N) is 2. The molecule has 0 spiro atoms. The van der Waals surface area contributed by atoms with Crippen molar-refractivity contribution in [1.29, 1.82) is 0 Å². The first-order valence-electron chi connectivity index (χ1n) is 9.11. The molecule has 26 heavy (non-hydrogen) atoms. The lowest BCUT2D eigenvalue weighted by Gasteiger charge is -2.05. The molecule has 0 aliphatic heterocycles. The Morgan fingerprint density at radius 1 is 0.538 bits per heavy atom. The molecule has 0 unspecified atom stereocenters. The van der Waals surface area contributed by atoms with Gasteiger partial charge in [0.2, 0.25) is 0 Å². The zero-order valence-corrected chi connectivity index (χ0v) is 17.8. The molecule has 0 amide bonds. The van der Waals surface area contributed by atoms with Crippen molar-refractivity contribution in [3.05, 3.63) is 73.2 Å². The Morgan fingerprint density at radius 3 is 1.38 bits per heavy atom. The van der Waals surface area contributed by atoms with Crippen LogP contribution in [0.2, 0.25) is 0 Å². The third kappa shape index (κ3) is 19.8. The molecule has 0 saturated carbocycles. The minimum atomic E-state index is 0.500. The molecule has 2 nitrogen and oxygen atoms in total. The standard InChI is InChI=1S/C9H7N.C5H5N.2C5H12/c1-2-6-9-8(4-1)5-3-7-10-9;1-2-4-6-5-3-1;2*1-5(2,3)4/h1-7H;1-5H;2*1-4H3. The summed E-state index contributed by atoms with van der Waals surface area (Å²) in [6.07, 6.45) is 5.31. The van der Waals surface area contributed by atoms with Gasteiger partial charge in [0.25, 0.3) is 0 Å². The van der Waals surface area contributed by atoms with E-state index in [2.05, 4.69) is 77.5 Å². The number of rotatable bonds is 0. The van der Waals surface area contributed by atoms with Gasteiger partial charge >= 0.3 is 0 Å². The molecule has 142 valence electrons. The number of fused-ring (bicyclic) bond motifs is 1. The maximum absolute atomic E-state index is 4.18. The molecule has 2 aromatic heterocycles. The topological polar surface area (TPSA) is 25.8 Å². The Labute approximate surface area is 160 Å². The summed E-state index contributed by atoms with van der Waals surface area (Å²) in [7, 11) is 0. The Bertz CT molecular complexity index is 576. The Balaban J connectivity index is 0.000000342. The Hall–Kier alpha value is -2.22. The number of aromatic nitrogens is 2. The molecule has 0 radical (unpaired) electrons. The van der Waals surface area contributed by atoms with Crippen LogP contribution >= 0.6 is 0 Å². The molecule has 1 aromatic carbocycles. The molecule has 3 aromatic rings. The van der Waals surface area contributed by atoms with E-state index in [1.54, 1.807) is 12.4 Å². The van der Waals surface area contributed by atoms with E-state index in [1.807, 2.05) is 48.7 Å². The quantitative estimate of drug-likeness (QED) is 0.420. The van der Waals surface area contributed by atoms with Crippen LogP contribution in [0.25, 0.3) is 10.9 Å². The Morgan fingerprint density at radius 2 is 1.00 bits per heavy atom. The van der Waals surface area contributed by atoms with Crippen molar-refractivity contribution in [1.82, 2.24) is 9.97 Å². The molecule has 0 aliphatic rings. The van der Waals surface area contributed by atoms with E-state index in [4.69, 9.17) is 0 Å². The lowest BCUT2D eigenvalue weighted by Crippen LogP contribution is -1.93. The van der Waals surface area contributed by atoms with Gasteiger partial charge in [0.05, 0.1) is 5.52 Å². The molecule has 0 fully saturated rings. The van der Waals surface area contributed by atoms with E-state index in [-0.39, 0.29) is 0 Å². The van der Waals surface area contributed by atoms with Gasteiger partial charge in [-0.3, -0.25) is 9.97 Å². The first-order chi connectivity index (χ1) is 12.0. The first-order valence-corrected chi connectivity index (χ1v) is 9.11. The molecule has 0 saturated heterocycles. The summed E-state index contributed by atoms with van der Waals surface area (Å²) in [5, 5.41) is 1.20. The fraction of sp³-hybridized carbons (Fsp3) is 0.417. The minimum absolute atomic E-state index is 0.500. The SMILES string of the molecule is CC(C)(C)C.CC(C)(C)C.c1ccc2ncccc2c1.c1ccncc1. The van der Waals surface area contributed by atoms with Gasteiger partial charge in [-0.25, -0.2) is 0 Å². The van der Waals surface area contributed by atoms with Gasteiger partial charge in [0.15, 0.2) is 0 Å². The lowest BCUT2D eigenvalue weighted by atomic mass is 10.0. The second kappa shape index (κ2) is 12.2. The average molecular weight is 353 g/mol. The van der Waals surface area contributed by atoms with Crippen molar-refractivity contribution in [3.63, 3.8) is 0 Å². The van der Waals surface area contributed by atoms with E-state index in [1.165, 1.54) is 5.39 Å². The zero-order chi connectivity index (χ0) is 20.1. The van der Waals surface area contributed by atoms with E-state index >= 15 is 0 Å². The zero-order valence-electron chi connectivity index (χ0n) is 17.8. The maximum Gasteiger partial charge on any atom is 0.0701 e. The molecule has 0 aliphatic carbocycles. The van der Waals surface area contributed by atoms with Crippen molar-refractivity contribution in [2.45, 2.75) is 55.4 Å². The molecule has 0 bridgehead atoms. The molecule has 0 atom stereocenters. The van der Waals surface area contributed by atoms with E-state index in [0.29, 0.717) is 10.8 Å². The summed E-state index contributed by atoms with van der Waals surface area (Å²) in [4.78, 5) is 7.97. The van der Waals surface area contributed by atoms with Gasteiger partial charge in [-0.1, -0.05) is 85.7 Å². The van der Waals surface area contributed by atoms with Crippen LogP contribution in [0.1, 0.15) is 55.4 Å². The van der Waals surface area contributed by atoms with E-state index in [9.17, 15) is 0 Å². The average Bonchev–Trinajstić information content (AvgIpc) is 2.54. The van der Waals surface area contributed by atoms with Gasteiger partial charge in [-0.05, 0) is 35.1 Å². The summed E-state index contributed by atoms with van der Waals surface area (Å²) < 4.78 is 0. The number of para-hydroxylation sites is 1. The number of hydrogen-bond donors (Lipinski definition) is 0. The largest absolute Gasteiger partial charge is 0.265 e. The summed E-state index contributed by atoms with van der Waals surface area (Å²) in [6.45, 7) is 17.5. The molecular formula is C24H36N2. The summed E-state index contributed by atoms with van der Waals surface area (Å²) in [6, 6.07) is 17.8. The molecule has 0 N–H and O–H groups in total. The highest BCUT2D eigenvalue weighted by Gasteiger charge is 1.96. The highest BCUT2D eigenvalue weighted by molar-refractivity contribution is 5.77. The monoisotopic (exact) mass is 352 g/mol. The van der Waals surface area contributed by atoms with Crippen LogP contribution in [0.3, 0.4) is 0 Å². The van der Waals surface area contributed by atoms with Gasteiger partial charge in [-0.2, -0.15) is 0 Å². The van der Waals surface area contributed by atoms with Crippen molar-refractivity contribution in [3.8, 4) is 0 Å². The predicted molar refractivity (Wildman–Crippen MR) is 116 cm³/mol. The second-order valence-electron chi connectivity index (χ2n) is 9.22. The van der Waals surface area contributed by atoms with Crippen LogP contribution in [0.5, 0.6) is 0 Å². The number of benzene rings is 1. The Kier molecular flexibility index (Phi) is 11.1. The van der Waals surface area contributed by atoms with Gasteiger partial charge < -0.3 is 0 Å². The number of hydrogen-bond acceptors (Lipinski definition) is 2. The number of pyridine rings is 2. The van der Waals surface area contributed by atoms with Crippen LogP contribution in [0.15, 0.2) is 73.2 Å². The van der Waals surface area contributed by atoms with Crippen LogP contribution < -0.4 is 0 Å². The first kappa shape index (κ1) is 23.8. The van der Waals surface area contributed by atoms with Crippen molar-refractivity contribution < 1.29 is 0 Å². The van der Waals surface area contributed by atoms with Crippen LogP contribution in [0, 0.1) is 10.8 Å². The van der Waals surface area contributed by atoms with E-state index < -0.39 is 0 Å². The van der Waals surface area contributed by atoms with Crippen LogP contribution in [-0.4, -0.2) is 9.97 Å². The predicted octanol–water partition coefficient (Wildman–Crippen LogP) is 7.42. The fourth-order valence-corrected chi connectivity index (χ4v) is 1.33. The highest BCUT2D eigenvalue weighted by atomic mass is 14.6. The third-order valence-corrected chi connectivity index (χ3v) is 2.08. The third-order valence-electron chi connectivity index (χ3n) is 2.08. The summed E-state index contributed by atoms with van der Waals surface area (Å²) >= 11 is 0. The molecule has 2 heterocycles. The smallest absolute Gasteiger partial charge is 0.0701 e. The van der Waals surface area contributed by atoms with Crippen molar-refractivity contribution in [2.24, 2.45) is 10.8 Å². The second-order valence-corrected chi connectivity index (χ2v) is 9.22. The molecular weight excluding hydrogens is 316 g/mol. The van der Waals surface area contributed by atoms with Gasteiger partial charge in [0.1, 0.15) is 0 Å². The fourth-order valence-electron chi connectivity index (χ4n) is 1.33. The summed E-state index contributed by atoms with van der Waals surface area (Å²) in [5.41, 5.74) is 2.06. The van der Waals surface area contributed by atoms with Crippen molar-refractivity contribution >= 4 is 10.9 Å². The minimum Gasteiger partial charge on any atom is -0.265 e. The maximum atomic E-state index is 4.18. The normalized spacial score (nSPS) is 10.3. The van der Waals surface area contributed by atoms with Crippen LogP contribution in [-0.2, 0) is 0 Å². The van der Waals surface area contributed by atoms with E-state index in [0.717, 1.165) is 5.52 Å². The molecule has 3 rings (SSSR count). The van der Waals surface area contributed by atoms with Gasteiger partial charge in [-0.15, -0.1) is 0 Å². The van der Waals surface area contributed by atoms with Crippen molar-refractivity contribution in [2.75, 3.05) is 0 Å². The molecule has 2 heteroatoms. The summed E-state index contributed by atoms with van der Waals surface area (Å²) in [5.74, 6) is 0. The highest BCUT2D eigenvalue weighted by Crippen LogP contribution is 2.09. The van der Waals surface area contributed by atoms with Gasteiger partial charge in [0, 0.05) is 24.0 Å².